The molecule has 0 aromatic rings. The van der Waals surface area contributed by atoms with Gasteiger partial charge in [0.2, 0.25) is 0 Å². The molecule has 0 aromatic carbocycles. The fourth-order valence-corrected chi connectivity index (χ4v) is 6.13. The largest absolute Gasteiger partial charge is 0.462 e. The Morgan fingerprint density at radius 1 is 1.00 bits per heavy atom. The number of ether oxygens (including phenoxy) is 4. The first-order valence-electron chi connectivity index (χ1n) is 12.9. The molecule has 5 nitrogen and oxygen atoms in total. The van der Waals surface area contributed by atoms with Gasteiger partial charge in [-0.1, -0.05) is 18.6 Å². The van der Waals surface area contributed by atoms with Crippen LogP contribution >= 0.6 is 0 Å². The van der Waals surface area contributed by atoms with Crippen molar-refractivity contribution >= 4 is 5.78 Å². The first-order valence-corrected chi connectivity index (χ1v) is 12.9. The van der Waals surface area contributed by atoms with E-state index in [1.807, 2.05) is 0 Å². The van der Waals surface area contributed by atoms with Crippen molar-refractivity contribution in [2.24, 2.45) is 23.7 Å². The number of allylic oxidation sites excluding steroid dienone is 3. The van der Waals surface area contributed by atoms with Crippen LogP contribution in [0.4, 0.5) is 0 Å². The summed E-state index contributed by atoms with van der Waals surface area (Å²) in [5.74, 6) is 2.59. The van der Waals surface area contributed by atoms with E-state index in [1.54, 1.807) is 0 Å². The van der Waals surface area contributed by atoms with E-state index in [4.69, 9.17) is 18.9 Å². The molecule has 32 heavy (non-hydrogen) atoms. The minimum Gasteiger partial charge on any atom is -0.462 e. The molecular formula is C27H42O5. The maximum atomic E-state index is 13.4. The Bertz CT molecular complexity index is 688. The van der Waals surface area contributed by atoms with Crippen LogP contribution in [-0.4, -0.2) is 44.1 Å². The zero-order valence-electron chi connectivity index (χ0n) is 20.2. The predicted molar refractivity (Wildman–Crippen MR) is 124 cm³/mol. The Morgan fingerprint density at radius 3 is 2.62 bits per heavy atom. The molecule has 0 amide bonds. The van der Waals surface area contributed by atoms with E-state index in [-0.39, 0.29) is 24.1 Å². The highest BCUT2D eigenvalue weighted by Crippen LogP contribution is 2.49. The van der Waals surface area contributed by atoms with Crippen LogP contribution in [0.1, 0.15) is 78.6 Å². The van der Waals surface area contributed by atoms with Crippen LogP contribution < -0.4 is 0 Å². The van der Waals surface area contributed by atoms with Crippen molar-refractivity contribution < 1.29 is 23.7 Å². The highest BCUT2D eigenvalue weighted by Gasteiger charge is 2.43. The van der Waals surface area contributed by atoms with Gasteiger partial charge in [0.15, 0.2) is 17.8 Å². The van der Waals surface area contributed by atoms with Crippen molar-refractivity contribution in [3.63, 3.8) is 0 Å². The maximum Gasteiger partial charge on any atom is 0.199 e. The van der Waals surface area contributed by atoms with E-state index in [1.165, 1.54) is 12.0 Å². The monoisotopic (exact) mass is 446 g/mol. The Morgan fingerprint density at radius 2 is 1.84 bits per heavy atom. The molecule has 4 aliphatic rings. The minimum atomic E-state index is -0.282. The summed E-state index contributed by atoms with van der Waals surface area (Å²) in [6.45, 7) is 8.31. The third-order valence-electron chi connectivity index (χ3n) is 7.62. The van der Waals surface area contributed by atoms with E-state index in [0.29, 0.717) is 49.3 Å². The number of hydrogen-bond donors (Lipinski definition) is 0. The number of hydrogen-bond acceptors (Lipinski definition) is 5. The fraction of sp³-hybridized carbons (Fsp3) is 0.815. The molecule has 2 aliphatic carbocycles. The lowest BCUT2D eigenvalue weighted by atomic mass is 9.90. The van der Waals surface area contributed by atoms with Gasteiger partial charge in [0.25, 0.3) is 0 Å². The lowest BCUT2D eigenvalue weighted by Gasteiger charge is -2.26. The molecule has 1 saturated heterocycles. The molecule has 5 heteroatoms. The van der Waals surface area contributed by atoms with Crippen molar-refractivity contribution in [3.8, 4) is 0 Å². The van der Waals surface area contributed by atoms with Crippen LogP contribution in [0.25, 0.3) is 0 Å². The summed E-state index contributed by atoms with van der Waals surface area (Å²) in [6.07, 6.45) is 13.3. The van der Waals surface area contributed by atoms with Gasteiger partial charge < -0.3 is 18.9 Å². The normalized spacial score (nSPS) is 39.0. The van der Waals surface area contributed by atoms with Crippen molar-refractivity contribution in [2.45, 2.75) is 97.1 Å². The predicted octanol–water partition coefficient (Wildman–Crippen LogP) is 5.59. The second-order valence-corrected chi connectivity index (χ2v) is 10.7. The summed E-state index contributed by atoms with van der Waals surface area (Å²) < 4.78 is 24.5. The molecule has 2 aliphatic heterocycles. The number of carbonyl (C=O) groups is 1. The highest BCUT2D eigenvalue weighted by molar-refractivity contribution is 5.93. The van der Waals surface area contributed by atoms with Crippen molar-refractivity contribution in [1.82, 2.24) is 0 Å². The maximum absolute atomic E-state index is 13.4. The van der Waals surface area contributed by atoms with Gasteiger partial charge in [-0.15, -0.1) is 0 Å². The summed E-state index contributed by atoms with van der Waals surface area (Å²) >= 11 is 0. The summed E-state index contributed by atoms with van der Waals surface area (Å²) in [5, 5.41) is 0. The third-order valence-corrected chi connectivity index (χ3v) is 7.62. The molecule has 3 fully saturated rings. The smallest absolute Gasteiger partial charge is 0.199 e. The van der Waals surface area contributed by atoms with Gasteiger partial charge in [-0.3, -0.25) is 4.79 Å². The molecule has 7 atom stereocenters. The van der Waals surface area contributed by atoms with Crippen LogP contribution in [0.5, 0.6) is 0 Å². The van der Waals surface area contributed by atoms with Crippen LogP contribution in [0.15, 0.2) is 23.5 Å². The first-order chi connectivity index (χ1) is 15.5. The minimum absolute atomic E-state index is 0.0130. The molecule has 0 N–H and O–H groups in total. The SMILES string of the molecule is CC(C)=CC1C[C@@H](C)CC(=O)C(OC2CCCCO2)=C[C@H]2CC[C@@H]3CC(CC32)OCCO1. The Hall–Kier alpha value is -1.17. The fourth-order valence-electron chi connectivity index (χ4n) is 6.13. The number of Topliss-reactive ketones (excluding diaryl/α,β-unsaturated/α-hetero) is 1. The molecule has 2 heterocycles. The molecule has 0 aromatic heterocycles. The van der Waals surface area contributed by atoms with Gasteiger partial charge in [0.05, 0.1) is 32.0 Å². The van der Waals surface area contributed by atoms with Crippen molar-refractivity contribution in [2.75, 3.05) is 19.8 Å². The van der Waals surface area contributed by atoms with E-state index in [9.17, 15) is 4.79 Å². The van der Waals surface area contributed by atoms with Crippen LogP contribution in [0.3, 0.4) is 0 Å². The average molecular weight is 447 g/mol. The van der Waals surface area contributed by atoms with Crippen LogP contribution in [0, 0.1) is 23.7 Å². The quantitative estimate of drug-likeness (QED) is 0.529. The molecule has 0 spiro atoms. The Kier molecular flexibility index (Phi) is 8.47. The van der Waals surface area contributed by atoms with Gasteiger partial charge in [0, 0.05) is 12.8 Å². The summed E-state index contributed by atoms with van der Waals surface area (Å²) in [7, 11) is 0. The van der Waals surface area contributed by atoms with Gasteiger partial charge in [0.1, 0.15) is 0 Å². The molecule has 2 saturated carbocycles. The summed E-state index contributed by atoms with van der Waals surface area (Å²) in [6, 6.07) is 0. The van der Waals surface area contributed by atoms with Gasteiger partial charge in [-0.25, -0.2) is 0 Å². The molecule has 0 radical (unpaired) electrons. The zero-order valence-corrected chi connectivity index (χ0v) is 20.2. The molecule has 4 rings (SSSR count). The van der Waals surface area contributed by atoms with E-state index in [2.05, 4.69) is 32.9 Å². The lowest BCUT2D eigenvalue weighted by molar-refractivity contribution is -0.150. The van der Waals surface area contributed by atoms with Gasteiger partial charge in [-0.2, -0.15) is 0 Å². The summed E-state index contributed by atoms with van der Waals surface area (Å²) in [5.41, 5.74) is 1.24. The van der Waals surface area contributed by atoms with Crippen LogP contribution in [0.2, 0.25) is 0 Å². The zero-order chi connectivity index (χ0) is 22.5. The number of rotatable bonds is 3. The van der Waals surface area contributed by atoms with E-state index >= 15 is 0 Å². The number of carbonyl (C=O) groups excluding carboxylic acids is 1. The number of ketones is 1. The second kappa shape index (κ2) is 11.3. The lowest BCUT2D eigenvalue weighted by Crippen LogP contribution is -2.26. The van der Waals surface area contributed by atoms with E-state index in [0.717, 1.165) is 51.6 Å². The second-order valence-electron chi connectivity index (χ2n) is 10.7. The van der Waals surface area contributed by atoms with Crippen molar-refractivity contribution in [3.05, 3.63) is 23.5 Å². The van der Waals surface area contributed by atoms with Crippen LogP contribution in [-0.2, 0) is 23.7 Å². The third kappa shape index (κ3) is 6.45. The molecule has 4 unspecified atom stereocenters. The average Bonchev–Trinajstić information content (AvgIpc) is 3.31. The number of fused-ring (bicyclic) bond motifs is 1. The molecule has 180 valence electrons. The summed E-state index contributed by atoms with van der Waals surface area (Å²) in [4.78, 5) is 13.4. The highest BCUT2D eigenvalue weighted by atomic mass is 16.7. The standard InChI is InChI=1S/C27H42O5/c1-18(2)12-22-13-19(3)14-25(28)26(32-27-6-4-5-9-31-27)16-21-8-7-20-15-23(17-24(20)21)30-11-10-29-22/h12,16,19-24,27H,4-11,13-15,17H2,1-3H3/t19-,20-,21-,22?,23?,24?,27?/m1/s1. The van der Waals surface area contributed by atoms with Gasteiger partial charge >= 0.3 is 0 Å². The molecular weight excluding hydrogens is 404 g/mol. The molecule has 2 bridgehead atoms. The Balaban J connectivity index is 1.54. The Labute approximate surface area is 193 Å². The van der Waals surface area contributed by atoms with E-state index < -0.39 is 0 Å². The van der Waals surface area contributed by atoms with Crippen molar-refractivity contribution in [1.29, 1.82) is 0 Å². The van der Waals surface area contributed by atoms with Gasteiger partial charge in [-0.05, 0) is 88.5 Å². The topological polar surface area (TPSA) is 54.0 Å². The first kappa shape index (κ1) is 24.0.